The molecule has 306 valence electrons. The van der Waals surface area contributed by atoms with E-state index < -0.39 is 40.0 Å². The molecular formula is C46H52N2O9S. The van der Waals surface area contributed by atoms with Crippen molar-refractivity contribution in [2.24, 2.45) is 11.3 Å². The molecule has 4 aromatic carbocycles. The van der Waals surface area contributed by atoms with Crippen molar-refractivity contribution in [3.63, 3.8) is 0 Å². The van der Waals surface area contributed by atoms with Crippen molar-refractivity contribution in [2.45, 2.75) is 69.5 Å². The number of nitrogens with zero attached hydrogens (tertiary/aromatic N) is 2. The second kappa shape index (κ2) is 18.2. The number of ether oxygens (including phenoxy) is 4. The van der Waals surface area contributed by atoms with Gasteiger partial charge in [0.2, 0.25) is 10.0 Å². The van der Waals surface area contributed by atoms with Gasteiger partial charge in [0.1, 0.15) is 23.9 Å². The number of piperidine rings is 2. The normalized spacial score (nSPS) is 21.3. The number of sulfonamides is 1. The highest BCUT2D eigenvalue weighted by Gasteiger charge is 2.52. The predicted octanol–water partition coefficient (Wildman–Crippen LogP) is 8.42. The molecule has 11 nitrogen and oxygen atoms in total. The Kier molecular flexibility index (Phi) is 12.9. The number of carboxylic acids is 1. The second-order valence-electron chi connectivity index (χ2n) is 15.7. The zero-order valence-corrected chi connectivity index (χ0v) is 33.7. The van der Waals surface area contributed by atoms with E-state index in [4.69, 9.17) is 18.9 Å². The largest absolute Gasteiger partial charge is 0.482 e. The number of carbonyl (C=O) groups is 2. The number of amides is 1. The van der Waals surface area contributed by atoms with Gasteiger partial charge in [0.15, 0.2) is 6.61 Å². The van der Waals surface area contributed by atoms with Crippen molar-refractivity contribution in [1.82, 2.24) is 9.21 Å². The molecule has 1 spiro atoms. The van der Waals surface area contributed by atoms with Crippen LogP contribution in [-0.4, -0.2) is 78.9 Å². The van der Waals surface area contributed by atoms with Crippen LogP contribution in [0.1, 0.15) is 61.8 Å². The summed E-state index contributed by atoms with van der Waals surface area (Å²) < 4.78 is 54.8. The van der Waals surface area contributed by atoms with Gasteiger partial charge < -0.3 is 29.0 Å². The quantitative estimate of drug-likeness (QED) is 0.132. The highest BCUT2D eigenvalue weighted by Crippen LogP contribution is 2.55. The fourth-order valence-electron chi connectivity index (χ4n) is 8.69. The molecule has 3 aliphatic heterocycles. The maximum atomic E-state index is 14.2. The topological polar surface area (TPSA) is 132 Å². The molecule has 0 radical (unpaired) electrons. The molecular weight excluding hydrogens is 757 g/mol. The van der Waals surface area contributed by atoms with E-state index in [1.54, 1.807) is 21.3 Å². The highest BCUT2D eigenvalue weighted by atomic mass is 32.2. The Morgan fingerprint density at radius 2 is 1.47 bits per heavy atom. The summed E-state index contributed by atoms with van der Waals surface area (Å²) in [4.78, 5) is 26.1. The van der Waals surface area contributed by atoms with Gasteiger partial charge in [0, 0.05) is 43.1 Å². The lowest BCUT2D eigenvalue weighted by Crippen LogP contribution is -2.55. The highest BCUT2D eigenvalue weighted by molar-refractivity contribution is 7.89. The number of carboxylic acid groups (broad SMARTS) is 1. The van der Waals surface area contributed by atoms with E-state index in [2.05, 4.69) is 18.7 Å². The van der Waals surface area contributed by atoms with E-state index in [0.717, 1.165) is 16.7 Å². The standard InChI is InChI=1S/C46H52N2O9S/c1-33(2)40-30-46(22-26-48(27-23-46)58(52,53)38-20-24-47(25-21-38)45(51)55-31-35-14-8-4-9-15-35)42(28-34-12-6-3-7-13-34)57-44(40)39-29-37(56-36-16-10-5-11-17-36)18-19-41(39)54-32-43(49)50/h3-19,29,38,40,42,44H,1,20-28,30-32H2,2H3,(H,49,50)/t40-,42-,44-/m1/s1. The van der Waals surface area contributed by atoms with Gasteiger partial charge in [0.25, 0.3) is 0 Å². The number of aliphatic carboxylic acids is 1. The first-order chi connectivity index (χ1) is 28.0. The molecule has 0 aromatic heterocycles. The van der Waals surface area contributed by atoms with E-state index in [9.17, 15) is 23.1 Å². The van der Waals surface area contributed by atoms with Gasteiger partial charge in [-0.05, 0) is 86.9 Å². The number of carbonyl (C=O) groups excluding carboxylic acids is 1. The second-order valence-corrected chi connectivity index (χ2v) is 17.9. The van der Waals surface area contributed by atoms with Crippen LogP contribution in [0, 0.1) is 11.3 Å². The minimum Gasteiger partial charge on any atom is -0.482 e. The van der Waals surface area contributed by atoms with Gasteiger partial charge in [-0.1, -0.05) is 91.0 Å². The third kappa shape index (κ3) is 9.57. The van der Waals surface area contributed by atoms with Crippen LogP contribution in [0.4, 0.5) is 4.79 Å². The molecule has 1 amide bonds. The molecule has 7 rings (SSSR count). The zero-order valence-electron chi connectivity index (χ0n) is 32.9. The van der Waals surface area contributed by atoms with Crippen LogP contribution in [0.15, 0.2) is 121 Å². The Hall–Kier alpha value is -5.17. The molecule has 3 saturated heterocycles. The van der Waals surface area contributed by atoms with Crippen LogP contribution in [0.5, 0.6) is 17.2 Å². The summed E-state index contributed by atoms with van der Waals surface area (Å²) in [6.45, 7) is 7.40. The van der Waals surface area contributed by atoms with E-state index in [-0.39, 0.29) is 24.0 Å². The Morgan fingerprint density at radius 3 is 2.09 bits per heavy atom. The fourth-order valence-corrected chi connectivity index (χ4v) is 10.6. The monoisotopic (exact) mass is 808 g/mol. The molecule has 3 aliphatic rings. The van der Waals surface area contributed by atoms with E-state index in [1.807, 2.05) is 91.9 Å². The molecule has 4 aromatic rings. The average Bonchev–Trinajstić information content (AvgIpc) is 3.24. The van der Waals surface area contributed by atoms with Crippen LogP contribution >= 0.6 is 0 Å². The summed E-state index contributed by atoms with van der Waals surface area (Å²) in [6, 6.07) is 34.4. The average molecular weight is 809 g/mol. The van der Waals surface area contributed by atoms with Crippen molar-refractivity contribution < 1.29 is 42.1 Å². The first-order valence-electron chi connectivity index (χ1n) is 20.0. The lowest BCUT2D eigenvalue weighted by Gasteiger charge is -2.54. The number of likely N-dealkylation sites (tertiary alicyclic amines) is 1. The summed E-state index contributed by atoms with van der Waals surface area (Å²) in [5.74, 6) is 0.334. The molecule has 0 saturated carbocycles. The first-order valence-corrected chi connectivity index (χ1v) is 21.5. The van der Waals surface area contributed by atoms with Crippen molar-refractivity contribution in [1.29, 1.82) is 0 Å². The molecule has 3 atom stereocenters. The number of rotatable bonds is 13. The first kappa shape index (κ1) is 41.0. The molecule has 0 aliphatic carbocycles. The van der Waals surface area contributed by atoms with Gasteiger partial charge in [-0.2, -0.15) is 0 Å². The number of hydrogen-bond donors (Lipinski definition) is 1. The smallest absolute Gasteiger partial charge is 0.410 e. The number of benzene rings is 4. The molecule has 3 fully saturated rings. The van der Waals surface area contributed by atoms with Gasteiger partial charge in [0.05, 0.1) is 17.5 Å². The molecule has 12 heteroatoms. The van der Waals surface area contributed by atoms with E-state index >= 15 is 0 Å². The molecule has 0 unspecified atom stereocenters. The SMILES string of the molecule is C=C(C)[C@H]1CC2(CCN(S(=O)(=O)C3CCN(C(=O)OCc4ccccc4)CC3)CC2)[C@@H](Cc2ccccc2)O[C@@H]1c1cc(Oc2ccccc2)ccc1OCC(=O)O. The van der Waals surface area contributed by atoms with E-state index in [0.29, 0.717) is 87.5 Å². The Morgan fingerprint density at radius 1 is 0.845 bits per heavy atom. The summed E-state index contributed by atoms with van der Waals surface area (Å²) >= 11 is 0. The van der Waals surface area contributed by atoms with Crippen LogP contribution in [0.2, 0.25) is 0 Å². The maximum Gasteiger partial charge on any atom is 0.410 e. The maximum absolute atomic E-state index is 14.2. The molecule has 0 bridgehead atoms. The minimum absolute atomic E-state index is 0.171. The van der Waals surface area contributed by atoms with Crippen LogP contribution < -0.4 is 9.47 Å². The van der Waals surface area contributed by atoms with Gasteiger partial charge in [-0.25, -0.2) is 22.3 Å². The van der Waals surface area contributed by atoms with E-state index in [1.165, 1.54) is 0 Å². The molecule has 3 heterocycles. The lowest BCUT2D eigenvalue weighted by molar-refractivity contribution is -0.166. The predicted molar refractivity (Wildman–Crippen MR) is 220 cm³/mol. The van der Waals surface area contributed by atoms with Crippen molar-refractivity contribution >= 4 is 22.1 Å². The van der Waals surface area contributed by atoms with Gasteiger partial charge >= 0.3 is 12.1 Å². The molecule has 58 heavy (non-hydrogen) atoms. The van der Waals surface area contributed by atoms with Crippen molar-refractivity contribution in [3.05, 3.63) is 138 Å². The summed E-state index contributed by atoms with van der Waals surface area (Å²) in [5.41, 5.74) is 3.21. The number of para-hydroxylation sites is 1. The third-order valence-corrected chi connectivity index (χ3v) is 14.3. The summed E-state index contributed by atoms with van der Waals surface area (Å²) in [7, 11) is -3.64. The van der Waals surface area contributed by atoms with Gasteiger partial charge in [-0.3, -0.25) is 0 Å². The Balaban J connectivity index is 1.09. The third-order valence-electron chi connectivity index (χ3n) is 11.9. The van der Waals surface area contributed by atoms with Crippen LogP contribution in [0.3, 0.4) is 0 Å². The zero-order chi connectivity index (χ0) is 40.7. The fraction of sp³-hybridized carbons (Fsp3) is 0.391. The number of hydrogen-bond acceptors (Lipinski definition) is 8. The summed E-state index contributed by atoms with van der Waals surface area (Å²) in [6.07, 6.45) is 1.95. The van der Waals surface area contributed by atoms with Crippen molar-refractivity contribution in [3.8, 4) is 17.2 Å². The lowest BCUT2D eigenvalue weighted by atomic mass is 9.63. The minimum atomic E-state index is -3.64. The Bertz CT molecular complexity index is 2130. The van der Waals surface area contributed by atoms with Crippen LogP contribution in [-0.2, 0) is 37.3 Å². The van der Waals surface area contributed by atoms with Crippen LogP contribution in [0.25, 0.3) is 0 Å². The Labute approximate surface area is 341 Å². The summed E-state index contributed by atoms with van der Waals surface area (Å²) in [5, 5.41) is 8.95. The molecule has 1 N–H and O–H groups in total. The van der Waals surface area contributed by atoms with Gasteiger partial charge in [-0.15, -0.1) is 0 Å². The van der Waals surface area contributed by atoms with Crippen molar-refractivity contribution in [2.75, 3.05) is 32.8 Å².